The van der Waals surface area contributed by atoms with E-state index in [-0.39, 0.29) is 30.1 Å². The highest BCUT2D eigenvalue weighted by molar-refractivity contribution is 7.89. The second-order valence-electron chi connectivity index (χ2n) is 9.86. The van der Waals surface area contributed by atoms with Crippen molar-refractivity contribution in [2.24, 2.45) is 11.8 Å². The Morgan fingerprint density at radius 2 is 2.06 bits per heavy atom. The molecule has 1 aliphatic heterocycles. The largest absolute Gasteiger partial charge is 0.487 e. The van der Waals surface area contributed by atoms with Gasteiger partial charge in [-0.05, 0) is 49.7 Å². The van der Waals surface area contributed by atoms with E-state index in [1.54, 1.807) is 31.3 Å². The second kappa shape index (κ2) is 12.0. The van der Waals surface area contributed by atoms with Crippen LogP contribution in [0.3, 0.4) is 0 Å². The molecule has 0 unspecified atom stereocenters. The molecule has 3 atom stereocenters. The van der Waals surface area contributed by atoms with Crippen LogP contribution < -0.4 is 4.74 Å². The SMILES string of the molecule is CC(C)CC#Cc1ccc2c(c1)O[C@H](CN(C)Cc1cccnc1)[C@H](C)CN([C@@H](C)CO)S2(=O)=O. The van der Waals surface area contributed by atoms with Gasteiger partial charge in [0.25, 0.3) is 0 Å². The molecule has 35 heavy (non-hydrogen) atoms. The third-order valence-electron chi connectivity index (χ3n) is 6.08. The molecule has 0 bridgehead atoms. The molecule has 2 aromatic rings. The first-order valence-corrected chi connectivity index (χ1v) is 13.6. The summed E-state index contributed by atoms with van der Waals surface area (Å²) in [6.07, 6.45) is 4.09. The van der Waals surface area contributed by atoms with Crippen LogP contribution in [-0.2, 0) is 16.6 Å². The first-order valence-electron chi connectivity index (χ1n) is 12.1. The summed E-state index contributed by atoms with van der Waals surface area (Å²) in [5.41, 5.74) is 1.81. The highest BCUT2D eigenvalue weighted by Crippen LogP contribution is 2.34. The number of fused-ring (bicyclic) bond motifs is 1. The van der Waals surface area contributed by atoms with E-state index in [4.69, 9.17) is 4.74 Å². The Labute approximate surface area is 210 Å². The zero-order chi connectivity index (χ0) is 25.6. The van der Waals surface area contributed by atoms with Crippen LogP contribution in [0.15, 0.2) is 47.6 Å². The minimum atomic E-state index is -3.86. The second-order valence-corrected chi connectivity index (χ2v) is 11.7. The number of ether oxygens (including phenoxy) is 1. The molecule has 0 aliphatic carbocycles. The number of likely N-dealkylation sites (N-methyl/N-ethyl adjacent to an activating group) is 1. The third-order valence-corrected chi connectivity index (χ3v) is 8.10. The van der Waals surface area contributed by atoms with Gasteiger partial charge in [0.2, 0.25) is 10.0 Å². The quantitative estimate of drug-likeness (QED) is 0.588. The summed E-state index contributed by atoms with van der Waals surface area (Å²) in [5.74, 6) is 6.95. The van der Waals surface area contributed by atoms with E-state index in [1.807, 2.05) is 32.3 Å². The molecule has 2 heterocycles. The number of sulfonamides is 1. The molecule has 0 saturated heterocycles. The summed E-state index contributed by atoms with van der Waals surface area (Å²) in [6.45, 7) is 9.22. The predicted molar refractivity (Wildman–Crippen MR) is 137 cm³/mol. The first-order chi connectivity index (χ1) is 16.6. The Balaban J connectivity index is 1.97. The zero-order valence-corrected chi connectivity index (χ0v) is 22.1. The molecule has 0 fully saturated rings. The van der Waals surface area contributed by atoms with Crippen molar-refractivity contribution in [3.05, 3.63) is 53.9 Å². The Bertz CT molecular complexity index is 1140. The maximum absolute atomic E-state index is 13.6. The molecule has 0 saturated carbocycles. The van der Waals surface area contributed by atoms with Gasteiger partial charge in [-0.2, -0.15) is 4.31 Å². The molecule has 3 rings (SSSR count). The summed E-state index contributed by atoms with van der Waals surface area (Å²) in [6, 6.07) is 8.42. The van der Waals surface area contributed by atoms with E-state index in [0.717, 1.165) is 17.5 Å². The maximum atomic E-state index is 13.6. The van der Waals surface area contributed by atoms with E-state index in [9.17, 15) is 13.5 Å². The average Bonchev–Trinajstić information content (AvgIpc) is 2.81. The van der Waals surface area contributed by atoms with E-state index in [0.29, 0.717) is 24.8 Å². The molecule has 0 spiro atoms. The van der Waals surface area contributed by atoms with Crippen molar-refractivity contribution in [3.63, 3.8) is 0 Å². The van der Waals surface area contributed by atoms with Gasteiger partial charge >= 0.3 is 0 Å². The van der Waals surface area contributed by atoms with Gasteiger partial charge in [-0.25, -0.2) is 8.42 Å². The van der Waals surface area contributed by atoms with Crippen LogP contribution in [0, 0.1) is 23.7 Å². The fourth-order valence-electron chi connectivity index (χ4n) is 4.05. The zero-order valence-electron chi connectivity index (χ0n) is 21.3. The van der Waals surface area contributed by atoms with Crippen molar-refractivity contribution in [1.29, 1.82) is 0 Å². The topological polar surface area (TPSA) is 83.0 Å². The number of hydrogen-bond donors (Lipinski definition) is 1. The number of nitrogens with zero attached hydrogens (tertiary/aromatic N) is 3. The molecular formula is C27H37N3O4S. The van der Waals surface area contributed by atoms with Crippen molar-refractivity contribution >= 4 is 10.0 Å². The highest BCUT2D eigenvalue weighted by atomic mass is 32.2. The van der Waals surface area contributed by atoms with Gasteiger partial charge in [-0.3, -0.25) is 9.88 Å². The van der Waals surface area contributed by atoms with E-state index in [1.165, 1.54) is 4.31 Å². The van der Waals surface area contributed by atoms with Crippen molar-refractivity contribution in [2.75, 3.05) is 26.7 Å². The number of benzene rings is 1. The Hall–Kier alpha value is -2.44. The van der Waals surface area contributed by atoms with Crippen LogP contribution in [0.1, 0.15) is 45.2 Å². The van der Waals surface area contributed by atoms with Crippen molar-refractivity contribution in [2.45, 2.75) is 57.7 Å². The van der Waals surface area contributed by atoms with Crippen molar-refractivity contribution in [3.8, 4) is 17.6 Å². The van der Waals surface area contributed by atoms with Crippen LogP contribution in [0.25, 0.3) is 0 Å². The molecule has 190 valence electrons. The monoisotopic (exact) mass is 499 g/mol. The van der Waals surface area contributed by atoms with Gasteiger partial charge in [0, 0.05) is 56.0 Å². The standard InChI is InChI=1S/C27H37N3O4S/c1-20(2)8-6-9-23-11-12-27-25(14-23)34-26(18-29(5)17-24-10-7-13-28-15-24)21(3)16-30(22(4)19-31)35(27,32)33/h7,10-15,20-22,26,31H,8,16-19H2,1-5H3/t21-,22+,26-/m1/s1. The van der Waals surface area contributed by atoms with Crippen molar-refractivity contribution in [1.82, 2.24) is 14.2 Å². The number of aliphatic hydroxyl groups excluding tert-OH is 1. The van der Waals surface area contributed by atoms with Gasteiger partial charge in [-0.15, -0.1) is 0 Å². The molecular weight excluding hydrogens is 462 g/mol. The van der Waals surface area contributed by atoms with Gasteiger partial charge in [0.15, 0.2) is 0 Å². The number of pyridine rings is 1. The van der Waals surface area contributed by atoms with E-state index in [2.05, 4.69) is 35.6 Å². The lowest BCUT2D eigenvalue weighted by molar-refractivity contribution is 0.0733. The lowest BCUT2D eigenvalue weighted by atomic mass is 10.0. The third kappa shape index (κ3) is 7.05. The molecule has 1 aromatic carbocycles. The smallest absolute Gasteiger partial charge is 0.247 e. The minimum Gasteiger partial charge on any atom is -0.487 e. The van der Waals surface area contributed by atoms with E-state index < -0.39 is 16.1 Å². The molecule has 8 heteroatoms. The molecule has 1 aliphatic rings. The summed E-state index contributed by atoms with van der Waals surface area (Å²) >= 11 is 0. The molecule has 1 aromatic heterocycles. The van der Waals surface area contributed by atoms with Gasteiger partial charge in [0.1, 0.15) is 16.7 Å². The lowest BCUT2D eigenvalue weighted by Gasteiger charge is -2.37. The summed E-state index contributed by atoms with van der Waals surface area (Å²) in [4.78, 5) is 6.45. The van der Waals surface area contributed by atoms with Crippen LogP contribution >= 0.6 is 0 Å². The summed E-state index contributed by atoms with van der Waals surface area (Å²) in [5, 5.41) is 9.81. The van der Waals surface area contributed by atoms with Gasteiger partial charge < -0.3 is 9.84 Å². The maximum Gasteiger partial charge on any atom is 0.247 e. The predicted octanol–water partition coefficient (Wildman–Crippen LogP) is 3.38. The van der Waals surface area contributed by atoms with Crippen LogP contribution in [0.4, 0.5) is 0 Å². The molecule has 1 N–H and O–H groups in total. The fourth-order valence-corrected chi connectivity index (χ4v) is 5.88. The van der Waals surface area contributed by atoms with Crippen LogP contribution in [-0.4, -0.2) is 66.6 Å². The van der Waals surface area contributed by atoms with Gasteiger partial charge in [-0.1, -0.05) is 38.7 Å². The van der Waals surface area contributed by atoms with Crippen LogP contribution in [0.2, 0.25) is 0 Å². The number of aliphatic hydroxyl groups is 1. The van der Waals surface area contributed by atoms with Crippen LogP contribution in [0.5, 0.6) is 5.75 Å². The Morgan fingerprint density at radius 1 is 1.29 bits per heavy atom. The number of aromatic nitrogens is 1. The average molecular weight is 500 g/mol. The highest BCUT2D eigenvalue weighted by Gasteiger charge is 2.38. The normalized spacial score (nSPS) is 20.8. The fraction of sp³-hybridized carbons (Fsp3) is 0.519. The molecule has 0 amide bonds. The Kier molecular flexibility index (Phi) is 9.31. The number of hydrogen-bond acceptors (Lipinski definition) is 6. The lowest BCUT2D eigenvalue weighted by Crippen LogP contribution is -2.49. The molecule has 7 nitrogen and oxygen atoms in total. The molecule has 0 radical (unpaired) electrons. The summed E-state index contributed by atoms with van der Waals surface area (Å²) < 4.78 is 35.0. The Morgan fingerprint density at radius 3 is 2.71 bits per heavy atom. The minimum absolute atomic E-state index is 0.110. The van der Waals surface area contributed by atoms with Crippen molar-refractivity contribution < 1.29 is 18.3 Å². The number of rotatable bonds is 7. The summed E-state index contributed by atoms with van der Waals surface area (Å²) in [7, 11) is -1.84. The first kappa shape index (κ1) is 27.2. The van der Waals surface area contributed by atoms with E-state index >= 15 is 0 Å². The van der Waals surface area contributed by atoms with Gasteiger partial charge in [0.05, 0.1) is 6.61 Å².